The first-order valence-corrected chi connectivity index (χ1v) is 39.6. The number of esters is 2. The molecule has 0 amide bonds. The van der Waals surface area contributed by atoms with Gasteiger partial charge in [-0.05, 0) is 141 Å². The molecule has 1 aromatic carbocycles. The molecule has 71 heavy (non-hydrogen) atoms. The van der Waals surface area contributed by atoms with E-state index in [9.17, 15) is 14.4 Å². The van der Waals surface area contributed by atoms with Crippen molar-refractivity contribution >= 4 is 122 Å². The minimum absolute atomic E-state index is 0.0309. The zero-order valence-electron chi connectivity index (χ0n) is 47.2. The van der Waals surface area contributed by atoms with Gasteiger partial charge >= 0.3 is 11.9 Å². The van der Waals surface area contributed by atoms with Gasteiger partial charge in [-0.3, -0.25) is 9.59 Å². The average Bonchev–Trinajstić information content (AvgIpc) is 3.24. The van der Waals surface area contributed by atoms with Gasteiger partial charge in [-0.25, -0.2) is 4.79 Å². The molecule has 10 nitrogen and oxygen atoms in total. The Morgan fingerprint density at radius 1 is 0.634 bits per heavy atom. The molecule has 0 spiro atoms. The molecule has 1 heterocycles. The van der Waals surface area contributed by atoms with E-state index in [1.54, 1.807) is 6.92 Å². The second-order valence-corrected chi connectivity index (χ2v) is 43.3. The Bertz CT molecular complexity index is 1780. The summed E-state index contributed by atoms with van der Waals surface area (Å²) in [5.41, 5.74) is 0.430. The van der Waals surface area contributed by atoms with Crippen molar-refractivity contribution in [3.8, 4) is 0 Å². The maximum absolute atomic E-state index is 14.1. The van der Waals surface area contributed by atoms with E-state index < -0.39 is 67.7 Å². The first-order chi connectivity index (χ1) is 32.7. The maximum atomic E-state index is 14.1. The number of rotatable bonds is 31. The van der Waals surface area contributed by atoms with E-state index in [0.717, 1.165) is 30.0 Å². The molecule has 1 aromatic rings. The van der Waals surface area contributed by atoms with Gasteiger partial charge in [-0.2, -0.15) is 0 Å². The van der Waals surface area contributed by atoms with Crippen LogP contribution >= 0.6 is 79.5 Å². The van der Waals surface area contributed by atoms with Crippen molar-refractivity contribution in [2.45, 2.75) is 270 Å². The lowest BCUT2D eigenvalue weighted by molar-refractivity contribution is -0.287. The lowest BCUT2D eigenvalue weighted by atomic mass is 10.00. The summed E-state index contributed by atoms with van der Waals surface area (Å²) in [5.74, 6) is -0.547. The number of carbonyl (C=O) groups excluding carboxylic acids is 3. The highest BCUT2D eigenvalue weighted by Gasteiger charge is 2.57. The highest BCUT2D eigenvalue weighted by Crippen LogP contribution is 2.46. The Morgan fingerprint density at radius 2 is 1.07 bits per heavy atom. The summed E-state index contributed by atoms with van der Waals surface area (Å²) in [6.45, 7) is 36.8. The fraction of sp³-hybridized carbons (Fsp3) is 0.833. The molecule has 0 bridgehead atoms. The molecule has 6 unspecified atom stereocenters. The van der Waals surface area contributed by atoms with Crippen LogP contribution in [0.15, 0.2) is 12.1 Å². The Hall–Kier alpha value is 0.821. The van der Waals surface area contributed by atoms with Crippen molar-refractivity contribution < 1.29 is 46.6 Å². The fourth-order valence-corrected chi connectivity index (χ4v) is 14.4. The first kappa shape index (κ1) is 67.9. The predicted molar refractivity (Wildman–Crippen MR) is 328 cm³/mol. The highest BCUT2D eigenvalue weighted by atomic mass is 127. The molecule has 1 fully saturated rings. The molecular weight excluding hydrogens is 1310 g/mol. The van der Waals surface area contributed by atoms with Crippen LogP contribution < -0.4 is 0 Å². The third-order valence-corrected chi connectivity index (χ3v) is 33.1. The largest absolute Gasteiger partial charge is 0.462 e. The molecule has 1 aliphatic heterocycles. The van der Waals surface area contributed by atoms with Crippen molar-refractivity contribution in [1.29, 1.82) is 0 Å². The monoisotopic (exact) mass is 1400 g/mol. The summed E-state index contributed by atoms with van der Waals surface area (Å²) in [4.78, 5) is 40.1. The van der Waals surface area contributed by atoms with Crippen molar-refractivity contribution in [1.82, 2.24) is 0 Å². The number of thioether (sulfide) groups is 1. The molecule has 6 atom stereocenters. The molecular formula is C54H97I3O10SSi3. The number of carbonyl (C=O) groups is 3. The minimum Gasteiger partial charge on any atom is -0.462 e. The van der Waals surface area contributed by atoms with Gasteiger partial charge in [0, 0.05) is 29.8 Å². The molecule has 1 aliphatic rings. The topological polar surface area (TPSA) is 116 Å². The van der Waals surface area contributed by atoms with Crippen LogP contribution in [-0.4, -0.2) is 97.8 Å². The summed E-state index contributed by atoms with van der Waals surface area (Å²) < 4.78 is 51.0. The van der Waals surface area contributed by atoms with Crippen molar-refractivity contribution in [2.24, 2.45) is 0 Å². The van der Waals surface area contributed by atoms with Crippen molar-refractivity contribution in [2.75, 3.05) is 19.0 Å². The highest BCUT2D eigenvalue weighted by molar-refractivity contribution is 14.1. The lowest BCUT2D eigenvalue weighted by Gasteiger charge is -2.54. The summed E-state index contributed by atoms with van der Waals surface area (Å²) in [6, 6.07) is 3.82. The molecule has 0 aromatic heterocycles. The number of hydrogen-bond donors (Lipinski definition) is 0. The predicted octanol–water partition coefficient (Wildman–Crippen LogP) is 17.0. The molecule has 0 radical (unpaired) electrons. The minimum atomic E-state index is -2.58. The van der Waals surface area contributed by atoms with Crippen LogP contribution in [-0.2, 0) is 41.8 Å². The molecule has 412 valence electrons. The van der Waals surface area contributed by atoms with Gasteiger partial charge in [0.1, 0.15) is 18.8 Å². The summed E-state index contributed by atoms with van der Waals surface area (Å²) in [5, 5.41) is -0.508. The smallest absolute Gasteiger partial charge is 0.339 e. The average molecular weight is 1400 g/mol. The third kappa shape index (κ3) is 23.8. The quantitative estimate of drug-likeness (QED) is 0.0233. The van der Waals surface area contributed by atoms with E-state index in [-0.39, 0.29) is 39.4 Å². The summed E-state index contributed by atoms with van der Waals surface area (Å²) >= 11 is 7.80. The molecule has 2 rings (SSSR count). The molecule has 1 saturated heterocycles. The Kier molecular flexibility index (Phi) is 30.1. The van der Waals surface area contributed by atoms with E-state index in [0.29, 0.717) is 17.7 Å². The van der Waals surface area contributed by atoms with Crippen LogP contribution in [0.3, 0.4) is 0 Å². The molecule has 0 saturated carbocycles. The van der Waals surface area contributed by atoms with Gasteiger partial charge in [0.25, 0.3) is 0 Å². The van der Waals surface area contributed by atoms with Crippen LogP contribution in [0.2, 0.25) is 54.4 Å². The van der Waals surface area contributed by atoms with Crippen LogP contribution in [0.5, 0.6) is 0 Å². The number of benzene rings is 1. The van der Waals surface area contributed by atoms with Gasteiger partial charge < -0.3 is 32.2 Å². The third-order valence-electron chi connectivity index (χ3n) is 15.1. The fourth-order valence-electron chi connectivity index (χ4n) is 7.44. The molecule has 17 heteroatoms. The van der Waals surface area contributed by atoms with Crippen LogP contribution in [0.25, 0.3) is 0 Å². The van der Waals surface area contributed by atoms with Gasteiger partial charge in [0.15, 0.2) is 42.5 Å². The molecule has 0 N–H and O–H groups in total. The second-order valence-electron chi connectivity index (χ2n) is 24.4. The van der Waals surface area contributed by atoms with Gasteiger partial charge in [-0.1, -0.05) is 171 Å². The Balaban J connectivity index is 2.44. The van der Waals surface area contributed by atoms with E-state index in [2.05, 4.69) is 176 Å². The standard InChI is InChI=1S/C54H97I3O10SSi3/c1-18-19-20-21-22-23-24-25-26-27-28-29-30-31-32-33-45(59)61-36-41(63-50(60)42-34-40(55)35-43(56)46(42)57)37-62-51-49(67-71(16,17)54(9,10)11)48(66-70(14,15)53(6,7)8)47(44(64-51)38-68-39(2)58)65-69(12,13)52(3,4)5/h34-35,41,44,47-49,51H,18-33,36-38H2,1-17H3. The zero-order valence-corrected chi connectivity index (χ0v) is 57.5. The Labute approximate surface area is 481 Å². The van der Waals surface area contributed by atoms with Crippen molar-refractivity contribution in [3.05, 3.63) is 28.4 Å². The summed E-state index contributed by atoms with van der Waals surface area (Å²) in [7, 11) is -7.60. The van der Waals surface area contributed by atoms with E-state index in [4.69, 9.17) is 32.2 Å². The number of ether oxygens (including phenoxy) is 4. The molecule has 0 aliphatic carbocycles. The second kappa shape index (κ2) is 31.4. The van der Waals surface area contributed by atoms with E-state index >= 15 is 0 Å². The first-order valence-electron chi connectivity index (χ1n) is 26.7. The van der Waals surface area contributed by atoms with E-state index in [1.807, 2.05) is 12.1 Å². The van der Waals surface area contributed by atoms with Crippen LogP contribution in [0, 0.1) is 10.7 Å². The zero-order chi connectivity index (χ0) is 54.0. The lowest BCUT2D eigenvalue weighted by Crippen LogP contribution is -2.68. The van der Waals surface area contributed by atoms with Gasteiger partial charge in [-0.15, -0.1) is 0 Å². The van der Waals surface area contributed by atoms with Gasteiger partial charge in [0.2, 0.25) is 0 Å². The Morgan fingerprint density at radius 3 is 1.52 bits per heavy atom. The summed E-state index contributed by atoms with van der Waals surface area (Å²) in [6.07, 6.45) is 14.4. The number of halogens is 3. The SMILES string of the molecule is CCCCCCCCCCCCCCCCCC(=O)OCC(COC1OC(CSC(C)=O)C(O[Si](C)(C)C(C)(C)C)C(O[Si](C)(C)C(C)(C)C)C1O[Si](C)(C)C(C)(C)C)OC(=O)c1cc(I)cc(I)c1I. The van der Waals surface area contributed by atoms with Crippen molar-refractivity contribution in [3.63, 3.8) is 0 Å². The van der Waals surface area contributed by atoms with Crippen LogP contribution in [0.4, 0.5) is 0 Å². The maximum Gasteiger partial charge on any atom is 0.339 e. The normalized spacial score (nSPS) is 20.0. The van der Waals surface area contributed by atoms with Crippen LogP contribution in [0.1, 0.15) is 189 Å². The van der Waals surface area contributed by atoms with E-state index in [1.165, 1.54) is 88.8 Å². The van der Waals surface area contributed by atoms with Gasteiger partial charge in [0.05, 0.1) is 24.4 Å². The number of unbranched alkanes of at least 4 members (excludes halogenated alkanes) is 14. The number of hydrogen-bond acceptors (Lipinski definition) is 11.